The van der Waals surface area contributed by atoms with E-state index in [2.05, 4.69) is 37.7 Å². The Hall–Kier alpha value is -3.58. The van der Waals surface area contributed by atoms with Crippen molar-refractivity contribution in [2.24, 2.45) is 0 Å². The van der Waals surface area contributed by atoms with Crippen LogP contribution in [0.5, 0.6) is 11.6 Å². The molecule has 0 N–H and O–H groups in total. The van der Waals surface area contributed by atoms with Crippen LogP contribution in [0, 0.1) is 6.92 Å². The molecule has 3 aromatic heterocycles. The second kappa shape index (κ2) is 6.86. The molecule has 5 rings (SSSR count). The first-order valence-electron chi connectivity index (χ1n) is 8.63. The predicted octanol–water partition coefficient (Wildman–Crippen LogP) is 5.51. The van der Waals surface area contributed by atoms with Crippen molar-refractivity contribution >= 4 is 21.6 Å². The van der Waals surface area contributed by atoms with Gasteiger partial charge in [-0.1, -0.05) is 30.3 Å². The first kappa shape index (κ1) is 16.6. The van der Waals surface area contributed by atoms with E-state index in [1.165, 1.54) is 6.39 Å². The molecule has 3 heterocycles. The molecule has 0 amide bonds. The topological polar surface area (TPSA) is 73.9 Å². The molecule has 0 spiro atoms. The molecule has 5 aromatic rings. The quantitative estimate of drug-likeness (QED) is 0.405. The van der Waals surface area contributed by atoms with Crippen molar-refractivity contribution in [1.82, 2.24) is 20.2 Å². The molecule has 0 fully saturated rings. The highest BCUT2D eigenvalue weighted by molar-refractivity contribution is 7.17. The number of rotatable bonds is 4. The minimum Gasteiger partial charge on any atom is -0.438 e. The second-order valence-electron chi connectivity index (χ2n) is 6.14. The van der Waals surface area contributed by atoms with Crippen molar-refractivity contribution < 1.29 is 9.15 Å². The number of aryl methyl sites for hydroxylation is 1. The maximum Gasteiger partial charge on any atom is 0.247 e. The van der Waals surface area contributed by atoms with Crippen LogP contribution >= 0.6 is 11.3 Å². The van der Waals surface area contributed by atoms with Crippen LogP contribution in [0.15, 0.2) is 70.8 Å². The van der Waals surface area contributed by atoms with Crippen LogP contribution in [-0.4, -0.2) is 20.2 Å². The molecule has 0 saturated heterocycles. The molecule has 0 radical (unpaired) electrons. The average Bonchev–Trinajstić information content (AvgIpc) is 3.39. The summed E-state index contributed by atoms with van der Waals surface area (Å²) < 4.78 is 11.4. The van der Waals surface area contributed by atoms with Gasteiger partial charge in [-0.05, 0) is 36.8 Å². The maximum atomic E-state index is 6.15. The van der Waals surface area contributed by atoms with Crippen molar-refractivity contribution in [3.63, 3.8) is 0 Å². The Bertz CT molecular complexity index is 1230. The van der Waals surface area contributed by atoms with Crippen LogP contribution in [-0.2, 0) is 0 Å². The summed E-state index contributed by atoms with van der Waals surface area (Å²) in [6, 6.07) is 17.7. The highest BCUT2D eigenvalue weighted by Gasteiger charge is 2.16. The van der Waals surface area contributed by atoms with Gasteiger partial charge >= 0.3 is 0 Å². The van der Waals surface area contributed by atoms with E-state index in [4.69, 9.17) is 9.15 Å². The zero-order valence-corrected chi connectivity index (χ0v) is 15.7. The Morgan fingerprint density at radius 3 is 2.50 bits per heavy atom. The summed E-state index contributed by atoms with van der Waals surface area (Å²) in [5.74, 6) is 2.36. The minimum atomic E-state index is 0.469. The lowest BCUT2D eigenvalue weighted by atomic mass is 10.1. The van der Waals surface area contributed by atoms with Crippen LogP contribution in [0.3, 0.4) is 0 Å². The van der Waals surface area contributed by atoms with Crippen molar-refractivity contribution in [3.8, 4) is 34.2 Å². The van der Waals surface area contributed by atoms with Crippen LogP contribution in [0.1, 0.15) is 5.82 Å². The van der Waals surface area contributed by atoms with E-state index in [-0.39, 0.29) is 0 Å². The molecule has 0 aliphatic rings. The third-order valence-electron chi connectivity index (χ3n) is 4.27. The van der Waals surface area contributed by atoms with E-state index >= 15 is 0 Å². The summed E-state index contributed by atoms with van der Waals surface area (Å²) in [7, 11) is 0. The molecule has 0 saturated carbocycles. The van der Waals surface area contributed by atoms with Gasteiger partial charge in [0, 0.05) is 16.5 Å². The maximum absolute atomic E-state index is 6.15. The molecule has 0 unspecified atom stereocenters. The summed E-state index contributed by atoms with van der Waals surface area (Å²) in [5.41, 5.74) is 3.00. The van der Waals surface area contributed by atoms with Crippen LogP contribution in [0.2, 0.25) is 0 Å². The van der Waals surface area contributed by atoms with Gasteiger partial charge in [0.1, 0.15) is 16.4 Å². The fourth-order valence-corrected chi connectivity index (χ4v) is 3.97. The number of benzene rings is 2. The van der Waals surface area contributed by atoms with E-state index in [9.17, 15) is 0 Å². The summed E-state index contributed by atoms with van der Waals surface area (Å²) in [5, 5.41) is 10.6. The Morgan fingerprint density at radius 2 is 1.75 bits per heavy atom. The van der Waals surface area contributed by atoms with Gasteiger partial charge in [0.2, 0.25) is 18.2 Å². The average molecular weight is 386 g/mol. The van der Waals surface area contributed by atoms with Gasteiger partial charge < -0.3 is 9.15 Å². The molecular weight excluding hydrogens is 372 g/mol. The van der Waals surface area contributed by atoms with Gasteiger partial charge in [-0.15, -0.1) is 21.5 Å². The number of hydrogen-bond acceptors (Lipinski definition) is 7. The van der Waals surface area contributed by atoms with Crippen LogP contribution in [0.4, 0.5) is 0 Å². The van der Waals surface area contributed by atoms with E-state index in [0.717, 1.165) is 26.9 Å². The van der Waals surface area contributed by atoms with Crippen LogP contribution < -0.4 is 4.74 Å². The van der Waals surface area contributed by atoms with E-state index in [1.807, 2.05) is 49.4 Å². The van der Waals surface area contributed by atoms with Gasteiger partial charge in [-0.3, -0.25) is 0 Å². The number of hydrogen-bond donors (Lipinski definition) is 0. The zero-order valence-electron chi connectivity index (χ0n) is 14.9. The lowest BCUT2D eigenvalue weighted by molar-refractivity contribution is 0.467. The largest absolute Gasteiger partial charge is 0.438 e. The number of thiophene rings is 1. The molecule has 0 aliphatic carbocycles. The highest BCUT2D eigenvalue weighted by atomic mass is 32.1. The smallest absolute Gasteiger partial charge is 0.247 e. The Labute approximate surface area is 164 Å². The fourth-order valence-electron chi connectivity index (χ4n) is 2.99. The number of fused-ring (bicyclic) bond motifs is 1. The van der Waals surface area contributed by atoms with Crippen molar-refractivity contribution in [1.29, 1.82) is 0 Å². The standard InChI is InChI=1S/C21H14N4O2S/c1-13-23-20(27-16-9-7-15(8-10-16)19-25-22-12-26-19)18-17(11-28-21(18)24-13)14-5-3-2-4-6-14/h2-12H,1H3. The Kier molecular flexibility index (Phi) is 4.06. The molecule has 2 aromatic carbocycles. The van der Waals surface area contributed by atoms with Gasteiger partial charge in [-0.25, -0.2) is 4.98 Å². The molecule has 136 valence electrons. The lowest BCUT2D eigenvalue weighted by Gasteiger charge is -2.09. The van der Waals surface area contributed by atoms with Crippen molar-refractivity contribution in [2.75, 3.05) is 0 Å². The van der Waals surface area contributed by atoms with Gasteiger partial charge in [0.15, 0.2) is 0 Å². The Balaban J connectivity index is 1.56. The molecular formula is C21H14N4O2S. The highest BCUT2D eigenvalue weighted by Crippen LogP contribution is 2.39. The third-order valence-corrected chi connectivity index (χ3v) is 5.15. The third kappa shape index (κ3) is 3.01. The first-order valence-corrected chi connectivity index (χ1v) is 9.51. The van der Waals surface area contributed by atoms with Crippen LogP contribution in [0.25, 0.3) is 32.8 Å². The summed E-state index contributed by atoms with van der Waals surface area (Å²) >= 11 is 1.59. The van der Waals surface area contributed by atoms with Crippen molar-refractivity contribution in [2.45, 2.75) is 6.92 Å². The number of aromatic nitrogens is 4. The normalized spacial score (nSPS) is 11.0. The van der Waals surface area contributed by atoms with E-state index in [1.54, 1.807) is 11.3 Å². The first-order chi connectivity index (χ1) is 13.8. The predicted molar refractivity (Wildman–Crippen MR) is 107 cm³/mol. The monoisotopic (exact) mass is 386 g/mol. The van der Waals surface area contributed by atoms with E-state index in [0.29, 0.717) is 23.3 Å². The summed E-state index contributed by atoms with van der Waals surface area (Å²) in [6.45, 7) is 1.87. The lowest BCUT2D eigenvalue weighted by Crippen LogP contribution is -1.94. The van der Waals surface area contributed by atoms with E-state index < -0.39 is 0 Å². The second-order valence-corrected chi connectivity index (χ2v) is 7.00. The number of ether oxygens (including phenoxy) is 1. The zero-order chi connectivity index (χ0) is 18.9. The molecule has 7 heteroatoms. The number of nitrogens with zero attached hydrogens (tertiary/aromatic N) is 4. The summed E-state index contributed by atoms with van der Waals surface area (Å²) in [6.07, 6.45) is 1.31. The van der Waals surface area contributed by atoms with Gasteiger partial charge in [-0.2, -0.15) is 4.98 Å². The molecule has 28 heavy (non-hydrogen) atoms. The van der Waals surface area contributed by atoms with Crippen molar-refractivity contribution in [3.05, 3.63) is 72.2 Å². The fraction of sp³-hybridized carbons (Fsp3) is 0.0476. The minimum absolute atomic E-state index is 0.469. The Morgan fingerprint density at radius 1 is 0.929 bits per heavy atom. The SMILES string of the molecule is Cc1nc(Oc2ccc(-c3nnco3)cc2)c2c(-c3ccccc3)csc2n1. The molecule has 6 nitrogen and oxygen atoms in total. The van der Waals surface area contributed by atoms with Gasteiger partial charge in [0.25, 0.3) is 0 Å². The van der Waals surface area contributed by atoms with Gasteiger partial charge in [0.05, 0.1) is 5.39 Å². The molecule has 0 bridgehead atoms. The molecule has 0 aliphatic heterocycles. The summed E-state index contributed by atoms with van der Waals surface area (Å²) in [4.78, 5) is 10.0. The molecule has 0 atom stereocenters.